The maximum Gasteiger partial charge on any atom is 0.255 e. The third-order valence-corrected chi connectivity index (χ3v) is 5.35. The number of anilines is 2. The Labute approximate surface area is 162 Å². The fourth-order valence-electron chi connectivity index (χ4n) is 3.59. The molecule has 4 rings (SSSR count). The van der Waals surface area contributed by atoms with E-state index in [1.165, 1.54) is 12.8 Å². The molecule has 146 valence electrons. The molecule has 1 saturated heterocycles. The van der Waals surface area contributed by atoms with Crippen LogP contribution in [-0.2, 0) is 0 Å². The lowest BCUT2D eigenvalue weighted by molar-refractivity contribution is 0.102. The van der Waals surface area contributed by atoms with Crippen LogP contribution in [0, 0.1) is 5.82 Å². The molecule has 28 heavy (non-hydrogen) atoms. The molecule has 2 aliphatic rings. The molecule has 2 fully saturated rings. The average Bonchev–Trinajstić information content (AvgIpc) is 3.56. The molecule has 1 aliphatic carbocycles. The Kier molecular flexibility index (Phi) is 5.00. The van der Waals surface area contributed by atoms with Gasteiger partial charge in [0.15, 0.2) is 17.9 Å². The second kappa shape index (κ2) is 7.59. The second-order valence-electron chi connectivity index (χ2n) is 7.27. The minimum absolute atomic E-state index is 0.0299. The first-order valence-corrected chi connectivity index (χ1v) is 9.43. The van der Waals surface area contributed by atoms with Gasteiger partial charge in [-0.25, -0.2) is 4.39 Å². The molecule has 0 radical (unpaired) electrons. The van der Waals surface area contributed by atoms with Crippen molar-refractivity contribution in [3.8, 4) is 5.75 Å². The number of hydrogen-bond donors (Lipinski definition) is 2. The molecule has 0 spiro atoms. The van der Waals surface area contributed by atoms with Crippen LogP contribution in [0.5, 0.6) is 5.75 Å². The normalized spacial score (nSPS) is 17.4. The van der Waals surface area contributed by atoms with Gasteiger partial charge in [0.05, 0.1) is 5.56 Å². The maximum atomic E-state index is 13.7. The van der Waals surface area contributed by atoms with E-state index in [9.17, 15) is 19.1 Å². The van der Waals surface area contributed by atoms with Gasteiger partial charge in [-0.2, -0.15) is 0 Å². The number of amides is 1. The van der Waals surface area contributed by atoms with Gasteiger partial charge in [0.25, 0.3) is 5.91 Å². The minimum atomic E-state index is -1.00. The van der Waals surface area contributed by atoms with E-state index in [0.717, 1.165) is 50.0 Å². The third-order valence-electron chi connectivity index (χ3n) is 5.35. The van der Waals surface area contributed by atoms with Crippen molar-refractivity contribution in [3.63, 3.8) is 0 Å². The van der Waals surface area contributed by atoms with Crippen LogP contribution in [0.4, 0.5) is 15.8 Å². The lowest BCUT2D eigenvalue weighted by atomic mass is 10.1. The molecule has 0 atom stereocenters. The molecule has 0 bridgehead atoms. The van der Waals surface area contributed by atoms with Crippen molar-refractivity contribution in [1.29, 1.82) is 0 Å². The first kappa shape index (κ1) is 18.4. The minimum Gasteiger partial charge on any atom is -0.504 e. The Hall–Kier alpha value is -2.93. The predicted octanol–water partition coefficient (Wildman–Crippen LogP) is 2.88. The van der Waals surface area contributed by atoms with Crippen LogP contribution in [0.2, 0.25) is 0 Å². The molecule has 6 nitrogen and oxygen atoms in total. The summed E-state index contributed by atoms with van der Waals surface area (Å²) in [7, 11) is 0. The number of phenols is 1. The summed E-state index contributed by atoms with van der Waals surface area (Å²) >= 11 is 0. The fraction of sp³-hybridized carbons (Fsp3) is 0.333. The Bertz CT molecular complexity index is 889. The van der Waals surface area contributed by atoms with Crippen molar-refractivity contribution < 1.29 is 19.1 Å². The van der Waals surface area contributed by atoms with Crippen molar-refractivity contribution in [2.24, 2.45) is 0 Å². The zero-order valence-electron chi connectivity index (χ0n) is 15.4. The Balaban J connectivity index is 1.40. The number of piperazine rings is 1. The van der Waals surface area contributed by atoms with Crippen LogP contribution in [0.1, 0.15) is 33.6 Å². The summed E-state index contributed by atoms with van der Waals surface area (Å²) in [5, 5.41) is 12.1. The smallest absolute Gasteiger partial charge is 0.255 e. The number of carbonyl (C=O) groups is 2. The summed E-state index contributed by atoms with van der Waals surface area (Å²) in [6.07, 6.45) is 2.97. The number of nitrogens with zero attached hydrogens (tertiary/aromatic N) is 2. The number of aldehydes is 1. The topological polar surface area (TPSA) is 72.9 Å². The highest BCUT2D eigenvalue weighted by Crippen LogP contribution is 2.29. The largest absolute Gasteiger partial charge is 0.504 e. The van der Waals surface area contributed by atoms with E-state index < -0.39 is 17.5 Å². The van der Waals surface area contributed by atoms with Crippen LogP contribution in [0.3, 0.4) is 0 Å². The monoisotopic (exact) mass is 383 g/mol. The van der Waals surface area contributed by atoms with E-state index in [1.807, 2.05) is 12.1 Å². The number of aromatic hydroxyl groups is 1. The summed E-state index contributed by atoms with van der Waals surface area (Å²) < 4.78 is 13.7. The molecule has 0 aromatic heterocycles. The number of halogens is 1. The van der Waals surface area contributed by atoms with E-state index in [1.54, 1.807) is 12.1 Å². The molecule has 1 amide bonds. The number of hydrogen-bond acceptors (Lipinski definition) is 5. The first-order valence-electron chi connectivity index (χ1n) is 9.43. The van der Waals surface area contributed by atoms with Gasteiger partial charge in [-0.3, -0.25) is 14.5 Å². The van der Waals surface area contributed by atoms with Gasteiger partial charge in [-0.15, -0.1) is 0 Å². The summed E-state index contributed by atoms with van der Waals surface area (Å²) in [6, 6.07) is 10.4. The summed E-state index contributed by atoms with van der Waals surface area (Å²) in [5.74, 6) is -2.30. The highest BCUT2D eigenvalue weighted by atomic mass is 19.1. The molecular formula is C21H22FN3O3. The van der Waals surface area contributed by atoms with Crippen molar-refractivity contribution in [2.75, 3.05) is 36.4 Å². The summed E-state index contributed by atoms with van der Waals surface area (Å²) in [6.45, 7) is 4.14. The summed E-state index contributed by atoms with van der Waals surface area (Å²) in [5.41, 5.74) is 1.39. The Morgan fingerprint density at radius 1 is 1.11 bits per heavy atom. The highest BCUT2D eigenvalue weighted by molar-refractivity contribution is 6.05. The van der Waals surface area contributed by atoms with E-state index in [0.29, 0.717) is 12.0 Å². The molecule has 0 unspecified atom stereocenters. The van der Waals surface area contributed by atoms with Crippen LogP contribution in [0.15, 0.2) is 36.4 Å². The highest BCUT2D eigenvalue weighted by Gasteiger charge is 2.31. The Morgan fingerprint density at radius 3 is 2.39 bits per heavy atom. The number of carbonyl (C=O) groups excluding carboxylic acids is 2. The molecule has 1 aliphatic heterocycles. The number of phenolic OH excluding ortho intramolecular Hbond substituents is 1. The number of nitrogens with one attached hydrogen (secondary N) is 1. The van der Waals surface area contributed by atoms with E-state index in [2.05, 4.69) is 15.1 Å². The molecule has 7 heteroatoms. The molecule has 2 aromatic rings. The molecule has 2 aromatic carbocycles. The maximum absolute atomic E-state index is 13.7. The van der Waals surface area contributed by atoms with Crippen LogP contribution in [-0.4, -0.2) is 54.4 Å². The van der Waals surface area contributed by atoms with Gasteiger partial charge < -0.3 is 15.3 Å². The summed E-state index contributed by atoms with van der Waals surface area (Å²) in [4.78, 5) is 28.1. The van der Waals surface area contributed by atoms with E-state index in [4.69, 9.17) is 0 Å². The second-order valence-corrected chi connectivity index (χ2v) is 7.27. The first-order chi connectivity index (χ1) is 13.5. The van der Waals surface area contributed by atoms with Gasteiger partial charge in [0.1, 0.15) is 0 Å². The molecule has 2 N–H and O–H groups in total. The van der Waals surface area contributed by atoms with Gasteiger partial charge >= 0.3 is 0 Å². The molecule has 1 heterocycles. The standard InChI is InChI=1S/C21H22FN3O3/c22-19-12-14(11-15(13-26)20(19)27)21(28)23-16-1-3-17(4-2-16)24-7-9-25(10-8-24)18-5-6-18/h1-4,11-13,18,27H,5-10H2,(H,23,28). The van der Waals surface area contributed by atoms with E-state index >= 15 is 0 Å². The van der Waals surface area contributed by atoms with Gasteiger partial charge in [0.2, 0.25) is 0 Å². The van der Waals surface area contributed by atoms with Crippen molar-refractivity contribution in [1.82, 2.24) is 4.90 Å². The van der Waals surface area contributed by atoms with Gasteiger partial charge in [-0.1, -0.05) is 0 Å². The van der Waals surface area contributed by atoms with Crippen molar-refractivity contribution >= 4 is 23.6 Å². The van der Waals surface area contributed by atoms with Crippen LogP contribution in [0.25, 0.3) is 0 Å². The Morgan fingerprint density at radius 2 is 1.79 bits per heavy atom. The molecule has 1 saturated carbocycles. The zero-order valence-corrected chi connectivity index (χ0v) is 15.4. The predicted molar refractivity (Wildman–Crippen MR) is 105 cm³/mol. The quantitative estimate of drug-likeness (QED) is 0.777. The lowest BCUT2D eigenvalue weighted by Gasteiger charge is -2.36. The lowest BCUT2D eigenvalue weighted by Crippen LogP contribution is -2.47. The number of benzene rings is 2. The number of rotatable bonds is 5. The zero-order chi connectivity index (χ0) is 19.7. The van der Waals surface area contributed by atoms with Crippen molar-refractivity contribution in [3.05, 3.63) is 53.3 Å². The molecular weight excluding hydrogens is 361 g/mol. The van der Waals surface area contributed by atoms with Gasteiger partial charge in [0, 0.05) is 49.2 Å². The van der Waals surface area contributed by atoms with Crippen LogP contribution < -0.4 is 10.2 Å². The van der Waals surface area contributed by atoms with Gasteiger partial charge in [-0.05, 0) is 49.2 Å². The fourth-order valence-corrected chi connectivity index (χ4v) is 3.59. The van der Waals surface area contributed by atoms with E-state index in [-0.39, 0.29) is 11.1 Å². The third kappa shape index (κ3) is 3.84. The van der Waals surface area contributed by atoms with Crippen molar-refractivity contribution in [2.45, 2.75) is 18.9 Å². The van der Waals surface area contributed by atoms with Crippen LogP contribution >= 0.6 is 0 Å². The SMILES string of the molecule is O=Cc1cc(C(=O)Nc2ccc(N3CCN(C4CC4)CC3)cc2)cc(F)c1O. The average molecular weight is 383 g/mol.